The van der Waals surface area contributed by atoms with Crippen molar-refractivity contribution in [2.75, 3.05) is 19.5 Å². The number of nitrogen functional groups attached to an aromatic ring is 1. The van der Waals surface area contributed by atoms with Crippen LogP contribution in [-0.2, 0) is 41.1 Å². The maximum atomic E-state index is 12.3. The Hall–Kier alpha value is -2.54. The monoisotopic (exact) mass is 641 g/mol. The fourth-order valence-corrected chi connectivity index (χ4v) is 7.24. The van der Waals surface area contributed by atoms with Crippen LogP contribution in [0.3, 0.4) is 0 Å². The van der Waals surface area contributed by atoms with Crippen molar-refractivity contribution in [2.45, 2.75) is 30.8 Å². The third kappa shape index (κ3) is 6.60. The van der Waals surface area contributed by atoms with Gasteiger partial charge in [-0.25, -0.2) is 18.7 Å². The number of nitrogens with zero attached hydrogens (tertiary/aromatic N) is 3. The van der Waals surface area contributed by atoms with Crippen molar-refractivity contribution in [1.82, 2.24) is 19.5 Å². The van der Waals surface area contributed by atoms with Crippen molar-refractivity contribution in [3.8, 4) is 5.75 Å². The van der Waals surface area contributed by atoms with Crippen molar-refractivity contribution >= 4 is 40.6 Å². The number of hydrogen-bond donors (Lipinski definition) is 6. The zero-order valence-electron chi connectivity index (χ0n) is 20.5. The van der Waals surface area contributed by atoms with E-state index in [0.29, 0.717) is 11.3 Å². The van der Waals surface area contributed by atoms with E-state index in [4.69, 9.17) is 39.0 Å². The Morgan fingerprint density at radius 3 is 2.37 bits per heavy atom. The van der Waals surface area contributed by atoms with Crippen LogP contribution >= 0.6 is 23.5 Å². The van der Waals surface area contributed by atoms with E-state index >= 15 is 0 Å². The van der Waals surface area contributed by atoms with Crippen LogP contribution in [0.15, 0.2) is 35.4 Å². The predicted octanol–water partition coefficient (Wildman–Crippen LogP) is 0.434. The number of ether oxygens (including phenoxy) is 4. The van der Waals surface area contributed by atoms with E-state index < -0.39 is 66.5 Å². The maximum absolute atomic E-state index is 12.3. The van der Waals surface area contributed by atoms with Crippen LogP contribution in [0.5, 0.6) is 5.75 Å². The number of rotatable bonds is 10. The minimum absolute atomic E-state index is 0.0278. The van der Waals surface area contributed by atoms with Gasteiger partial charge in [-0.1, -0.05) is 12.1 Å². The molecule has 0 aliphatic carbocycles. The van der Waals surface area contributed by atoms with Crippen LogP contribution in [0.2, 0.25) is 0 Å². The summed E-state index contributed by atoms with van der Waals surface area (Å²) in [4.78, 5) is 59.4. The fraction of sp³-hybridized carbons (Fsp3) is 0.389. The van der Waals surface area contributed by atoms with E-state index in [1.54, 1.807) is 24.3 Å². The molecule has 0 amide bonds. The zero-order chi connectivity index (χ0) is 29.7. The molecule has 20 nitrogen and oxygen atoms in total. The first-order valence-corrected chi connectivity index (χ1v) is 15.8. The molecule has 7 atom stereocenters. The van der Waals surface area contributed by atoms with Gasteiger partial charge in [-0.15, -0.1) is 0 Å². The highest BCUT2D eigenvalue weighted by Crippen LogP contribution is 2.66. The van der Waals surface area contributed by atoms with Crippen molar-refractivity contribution in [3.05, 3.63) is 46.5 Å². The third-order valence-electron chi connectivity index (χ3n) is 5.78. The third-order valence-corrected chi connectivity index (χ3v) is 9.58. The number of imidazole rings is 1. The highest BCUT2D eigenvalue weighted by molar-refractivity contribution is 7.66. The highest BCUT2D eigenvalue weighted by atomic mass is 31.3. The maximum Gasteiger partial charge on any atom is 0.490 e. The van der Waals surface area contributed by atoms with Crippen LogP contribution in [0, 0.1) is 0 Å². The van der Waals surface area contributed by atoms with Crippen LogP contribution < -0.4 is 16.0 Å². The number of benzene rings is 1. The van der Waals surface area contributed by atoms with Crippen LogP contribution in [0.4, 0.5) is 5.95 Å². The normalized spacial score (nSPS) is 27.4. The summed E-state index contributed by atoms with van der Waals surface area (Å²) in [6.45, 7) is -0.817. The number of aromatic amines is 1. The fourth-order valence-electron chi connectivity index (χ4n) is 4.21. The molecule has 3 aromatic rings. The molecule has 41 heavy (non-hydrogen) atoms. The first kappa shape index (κ1) is 29.9. The molecule has 23 heteroatoms. The smallest absolute Gasteiger partial charge is 0.490 e. The molecule has 5 rings (SSSR count). The lowest BCUT2D eigenvalue weighted by atomic mass is 10.1. The number of methoxy groups -OCH3 is 1. The number of nitrogens with two attached hydrogens (primary N) is 1. The van der Waals surface area contributed by atoms with Gasteiger partial charge in [0.1, 0.15) is 24.1 Å². The number of phosphoric acid groups is 3. The SMILES string of the molecule is COc1ccc(C2OC3C(O2)[C@@H](COP(=O)(O)OP(=O)(O)OP(=O)(O)O)O[C@H]3n2cnc3c(=O)[nH]c(N)nc32)cc1. The zero-order valence-corrected chi connectivity index (χ0v) is 23.2. The molecule has 0 saturated carbocycles. The quantitative estimate of drug-likeness (QED) is 0.164. The number of H-pyrrole nitrogens is 1. The largest absolute Gasteiger partial charge is 0.497 e. The predicted molar refractivity (Wildman–Crippen MR) is 132 cm³/mol. The van der Waals surface area contributed by atoms with E-state index in [1.807, 2.05) is 0 Å². The molecule has 4 heterocycles. The molecule has 2 fully saturated rings. The van der Waals surface area contributed by atoms with Gasteiger partial charge < -0.3 is 44.3 Å². The minimum atomic E-state index is -5.74. The Labute approximate surface area is 228 Å². The second-order valence-electron chi connectivity index (χ2n) is 8.53. The molecule has 224 valence electrons. The Kier molecular flexibility index (Phi) is 7.99. The molecule has 0 bridgehead atoms. The topological polar surface area (TPSA) is 286 Å². The first-order chi connectivity index (χ1) is 19.1. The average Bonchev–Trinajstić information content (AvgIpc) is 3.54. The number of hydrogen-bond acceptors (Lipinski definition) is 14. The summed E-state index contributed by atoms with van der Waals surface area (Å²) >= 11 is 0. The van der Waals surface area contributed by atoms with E-state index in [1.165, 1.54) is 18.0 Å². The molecule has 0 radical (unpaired) electrons. The average molecular weight is 641 g/mol. The lowest BCUT2D eigenvalue weighted by Crippen LogP contribution is -2.31. The molecule has 0 spiro atoms. The summed E-state index contributed by atoms with van der Waals surface area (Å²) in [6.07, 6.45) is -3.99. The Morgan fingerprint density at radius 1 is 1.02 bits per heavy atom. The van der Waals surface area contributed by atoms with Crippen molar-refractivity contribution < 1.29 is 65.4 Å². The first-order valence-electron chi connectivity index (χ1n) is 11.3. The van der Waals surface area contributed by atoms with Gasteiger partial charge in [0.05, 0.1) is 20.0 Å². The van der Waals surface area contributed by atoms with Gasteiger partial charge in [0.15, 0.2) is 23.7 Å². The molecule has 2 aliphatic rings. The summed E-state index contributed by atoms with van der Waals surface area (Å²) < 4.78 is 71.6. The minimum Gasteiger partial charge on any atom is -0.497 e. The summed E-state index contributed by atoms with van der Waals surface area (Å²) in [6, 6.07) is 6.68. The molecular weight excluding hydrogens is 619 g/mol. The van der Waals surface area contributed by atoms with Crippen LogP contribution in [0.25, 0.3) is 11.2 Å². The Balaban J connectivity index is 1.41. The molecule has 1 aromatic carbocycles. The lowest BCUT2D eigenvalue weighted by Gasteiger charge is -2.22. The highest BCUT2D eigenvalue weighted by Gasteiger charge is 2.55. The van der Waals surface area contributed by atoms with E-state index in [-0.39, 0.29) is 17.1 Å². The molecule has 7 N–H and O–H groups in total. The van der Waals surface area contributed by atoms with Gasteiger partial charge in [0.25, 0.3) is 5.56 Å². The lowest BCUT2D eigenvalue weighted by molar-refractivity contribution is -0.152. The van der Waals surface area contributed by atoms with Gasteiger partial charge in [0, 0.05) is 5.56 Å². The molecule has 2 saturated heterocycles. The van der Waals surface area contributed by atoms with Gasteiger partial charge in [-0.05, 0) is 12.1 Å². The number of fused-ring (bicyclic) bond motifs is 2. The van der Waals surface area contributed by atoms with Crippen molar-refractivity contribution in [1.29, 1.82) is 0 Å². The molecule has 2 aliphatic heterocycles. The number of nitrogens with one attached hydrogen (secondary N) is 1. The summed E-state index contributed by atoms with van der Waals surface area (Å²) in [5, 5.41) is 0. The molecular formula is C18H22N5O15P3. The molecule has 2 aromatic heterocycles. The number of phosphoric ester groups is 1. The summed E-state index contributed by atoms with van der Waals surface area (Å²) in [7, 11) is -15.3. The second-order valence-corrected chi connectivity index (χ2v) is 13.0. The van der Waals surface area contributed by atoms with E-state index in [0.717, 1.165) is 0 Å². The van der Waals surface area contributed by atoms with Gasteiger partial charge in [0.2, 0.25) is 5.95 Å². The van der Waals surface area contributed by atoms with Crippen molar-refractivity contribution in [2.24, 2.45) is 0 Å². The van der Waals surface area contributed by atoms with Crippen LogP contribution in [-0.4, -0.2) is 71.1 Å². The van der Waals surface area contributed by atoms with E-state index in [9.17, 15) is 28.3 Å². The second kappa shape index (κ2) is 10.9. The Bertz CT molecular complexity index is 1640. The van der Waals surface area contributed by atoms with Crippen molar-refractivity contribution in [3.63, 3.8) is 0 Å². The summed E-state index contributed by atoms with van der Waals surface area (Å²) in [5.74, 6) is 0.364. The number of anilines is 1. The molecule has 5 unspecified atom stereocenters. The standard InChI is InChI=1S/C18H22N5O15P3/c1-32-9-4-2-8(3-5-9)17-35-12-10(6-33-40(28,29)38-41(30,31)37-39(25,26)27)34-16(13(12)36-17)23-7-20-11-14(23)21-18(19)22-15(11)24/h2-5,7,10,12-13,16-17H,6H2,1H3,(H,28,29)(H,30,31)(H2,25,26,27)(H3,19,21,22,24)/t10-,12?,13?,16-,17?/m1/s1. The van der Waals surface area contributed by atoms with Gasteiger partial charge in [-0.2, -0.15) is 13.6 Å². The van der Waals surface area contributed by atoms with E-state index in [2.05, 4.69) is 23.6 Å². The summed E-state index contributed by atoms with van der Waals surface area (Å²) in [5.41, 5.74) is 5.59. The number of aromatic nitrogens is 4. The van der Waals surface area contributed by atoms with Gasteiger partial charge in [-0.3, -0.25) is 18.9 Å². The van der Waals surface area contributed by atoms with Crippen LogP contribution in [0.1, 0.15) is 18.1 Å². The Morgan fingerprint density at radius 2 is 1.71 bits per heavy atom. The van der Waals surface area contributed by atoms with Gasteiger partial charge >= 0.3 is 23.5 Å².